The molecule has 1 nitrogen and oxygen atoms in total. The van der Waals surface area contributed by atoms with Crippen LogP contribution in [0, 0.1) is 22.7 Å². The Morgan fingerprint density at radius 1 is 1.06 bits per heavy atom. The van der Waals surface area contributed by atoms with E-state index in [2.05, 4.69) is 33.0 Å². The summed E-state index contributed by atoms with van der Waals surface area (Å²) in [5.74, 6) is 1.78. The van der Waals surface area contributed by atoms with Crippen molar-refractivity contribution in [1.29, 1.82) is 0 Å². The molecule has 0 aromatic heterocycles. The fourth-order valence-electron chi connectivity index (χ4n) is 4.35. The minimum atomic E-state index is 0.594. The Labute approximate surface area is 114 Å². The maximum Gasteiger partial charge on any atom is -0.00151 e. The van der Waals surface area contributed by atoms with Crippen LogP contribution in [0.25, 0.3) is 0 Å². The van der Waals surface area contributed by atoms with Crippen molar-refractivity contribution in [2.75, 3.05) is 13.1 Å². The molecule has 2 fully saturated rings. The van der Waals surface area contributed by atoms with Crippen molar-refractivity contribution < 1.29 is 0 Å². The van der Waals surface area contributed by atoms with E-state index in [0.29, 0.717) is 10.8 Å². The van der Waals surface area contributed by atoms with E-state index in [4.69, 9.17) is 0 Å². The van der Waals surface area contributed by atoms with Crippen molar-refractivity contribution in [2.24, 2.45) is 22.7 Å². The Bertz CT molecular complexity index is 269. The minimum Gasteiger partial charge on any atom is -0.316 e. The number of rotatable bonds is 2. The Morgan fingerprint density at radius 2 is 1.83 bits per heavy atom. The molecule has 0 aromatic rings. The molecule has 0 radical (unpaired) electrons. The molecule has 1 N–H and O–H groups in total. The molecule has 0 amide bonds. The number of hydrogen-bond acceptors (Lipinski definition) is 1. The van der Waals surface area contributed by atoms with Crippen molar-refractivity contribution in [3.8, 4) is 0 Å². The molecule has 2 rings (SSSR count). The summed E-state index contributed by atoms with van der Waals surface area (Å²) >= 11 is 0. The molecule has 0 bridgehead atoms. The quantitative estimate of drug-likeness (QED) is 0.755. The predicted octanol–water partition coefficient (Wildman–Crippen LogP) is 4.62. The summed E-state index contributed by atoms with van der Waals surface area (Å²) in [5, 5.41) is 3.65. The average molecular weight is 251 g/mol. The smallest absolute Gasteiger partial charge is 0.00151 e. The highest BCUT2D eigenvalue weighted by molar-refractivity contribution is 4.95. The highest BCUT2D eigenvalue weighted by Crippen LogP contribution is 2.51. The Hall–Kier alpha value is -0.0400. The number of hydrogen-bond donors (Lipinski definition) is 1. The van der Waals surface area contributed by atoms with Gasteiger partial charge in [0.25, 0.3) is 0 Å². The molecule has 2 unspecified atom stereocenters. The van der Waals surface area contributed by atoms with E-state index in [1.165, 1.54) is 58.0 Å². The monoisotopic (exact) mass is 251 g/mol. The molecular formula is C17H33N. The molecule has 1 saturated carbocycles. The van der Waals surface area contributed by atoms with Gasteiger partial charge in [0.05, 0.1) is 0 Å². The van der Waals surface area contributed by atoms with Crippen LogP contribution in [0.1, 0.15) is 72.6 Å². The van der Waals surface area contributed by atoms with Gasteiger partial charge in [-0.15, -0.1) is 0 Å². The number of piperidine rings is 1. The molecule has 106 valence electrons. The van der Waals surface area contributed by atoms with Gasteiger partial charge in [-0.05, 0) is 74.3 Å². The molecule has 1 spiro atoms. The van der Waals surface area contributed by atoms with Crippen LogP contribution >= 0.6 is 0 Å². The van der Waals surface area contributed by atoms with Gasteiger partial charge in [0.2, 0.25) is 0 Å². The van der Waals surface area contributed by atoms with Crippen LogP contribution in [-0.2, 0) is 0 Å². The van der Waals surface area contributed by atoms with E-state index < -0.39 is 0 Å². The Morgan fingerprint density at radius 3 is 2.56 bits per heavy atom. The third kappa shape index (κ3) is 3.29. The van der Waals surface area contributed by atoms with Crippen LogP contribution in [0.15, 0.2) is 0 Å². The second-order valence-electron chi connectivity index (χ2n) is 8.16. The van der Waals surface area contributed by atoms with Crippen molar-refractivity contribution in [3.05, 3.63) is 0 Å². The Balaban J connectivity index is 2.10. The molecule has 2 atom stereocenters. The van der Waals surface area contributed by atoms with Crippen LogP contribution in [-0.4, -0.2) is 13.1 Å². The standard InChI is InChI=1S/C17H33N/c1-14(2)12-15-13-18-11-10-17(15)7-5-6-16(3,4)8-9-17/h14-15,18H,5-13H2,1-4H3. The van der Waals surface area contributed by atoms with Gasteiger partial charge in [0.1, 0.15) is 0 Å². The zero-order chi connectivity index (χ0) is 13.2. The summed E-state index contributed by atoms with van der Waals surface area (Å²) in [7, 11) is 0. The first-order valence-electron chi connectivity index (χ1n) is 8.14. The van der Waals surface area contributed by atoms with Gasteiger partial charge in [-0.25, -0.2) is 0 Å². The van der Waals surface area contributed by atoms with Gasteiger partial charge in [-0.3, -0.25) is 0 Å². The molecular weight excluding hydrogens is 218 g/mol. The minimum absolute atomic E-state index is 0.594. The molecule has 1 heteroatoms. The van der Waals surface area contributed by atoms with Crippen LogP contribution in [0.4, 0.5) is 0 Å². The fraction of sp³-hybridized carbons (Fsp3) is 1.00. The summed E-state index contributed by atoms with van der Waals surface area (Å²) in [6, 6.07) is 0. The first-order valence-corrected chi connectivity index (χ1v) is 8.14. The summed E-state index contributed by atoms with van der Waals surface area (Å²) < 4.78 is 0. The molecule has 0 aromatic carbocycles. The van der Waals surface area contributed by atoms with E-state index in [9.17, 15) is 0 Å². The summed E-state index contributed by atoms with van der Waals surface area (Å²) in [6.45, 7) is 12.3. The molecule has 18 heavy (non-hydrogen) atoms. The van der Waals surface area contributed by atoms with Gasteiger partial charge >= 0.3 is 0 Å². The van der Waals surface area contributed by atoms with E-state index >= 15 is 0 Å². The highest BCUT2D eigenvalue weighted by Gasteiger charge is 2.42. The zero-order valence-electron chi connectivity index (χ0n) is 13.0. The summed E-state index contributed by atoms with van der Waals surface area (Å²) in [5.41, 5.74) is 1.28. The van der Waals surface area contributed by atoms with Crippen molar-refractivity contribution >= 4 is 0 Å². The molecule has 2 aliphatic rings. The predicted molar refractivity (Wildman–Crippen MR) is 79.7 cm³/mol. The fourth-order valence-corrected chi connectivity index (χ4v) is 4.35. The van der Waals surface area contributed by atoms with Gasteiger partial charge < -0.3 is 5.32 Å². The van der Waals surface area contributed by atoms with Crippen molar-refractivity contribution in [1.82, 2.24) is 5.32 Å². The van der Waals surface area contributed by atoms with E-state index in [1.54, 1.807) is 0 Å². The summed E-state index contributed by atoms with van der Waals surface area (Å²) in [6.07, 6.45) is 10.2. The highest BCUT2D eigenvalue weighted by atomic mass is 14.9. The lowest BCUT2D eigenvalue weighted by Crippen LogP contribution is -2.45. The maximum atomic E-state index is 3.65. The molecule has 1 saturated heterocycles. The topological polar surface area (TPSA) is 12.0 Å². The van der Waals surface area contributed by atoms with Gasteiger partial charge in [0.15, 0.2) is 0 Å². The van der Waals surface area contributed by atoms with E-state index in [1.807, 2.05) is 0 Å². The first-order chi connectivity index (χ1) is 8.44. The third-order valence-corrected chi connectivity index (χ3v) is 5.64. The average Bonchev–Trinajstić information content (AvgIpc) is 2.42. The maximum absolute atomic E-state index is 3.65. The van der Waals surface area contributed by atoms with E-state index in [-0.39, 0.29) is 0 Å². The molecule has 1 aliphatic heterocycles. The lowest BCUT2D eigenvalue weighted by atomic mass is 9.63. The zero-order valence-corrected chi connectivity index (χ0v) is 13.0. The lowest BCUT2D eigenvalue weighted by Gasteiger charge is -2.45. The van der Waals surface area contributed by atoms with Gasteiger partial charge in [-0.2, -0.15) is 0 Å². The third-order valence-electron chi connectivity index (χ3n) is 5.64. The molecule has 1 heterocycles. The van der Waals surface area contributed by atoms with Gasteiger partial charge in [-0.1, -0.05) is 34.1 Å². The van der Waals surface area contributed by atoms with Crippen LogP contribution in [0.3, 0.4) is 0 Å². The van der Waals surface area contributed by atoms with Crippen LogP contribution < -0.4 is 5.32 Å². The van der Waals surface area contributed by atoms with Crippen molar-refractivity contribution in [3.63, 3.8) is 0 Å². The second-order valence-corrected chi connectivity index (χ2v) is 8.16. The van der Waals surface area contributed by atoms with E-state index in [0.717, 1.165) is 11.8 Å². The Kier molecular flexibility index (Phi) is 4.41. The molecule has 1 aliphatic carbocycles. The summed E-state index contributed by atoms with van der Waals surface area (Å²) in [4.78, 5) is 0. The second kappa shape index (κ2) is 5.53. The SMILES string of the molecule is CC(C)CC1CNCCC12CCCC(C)(C)CC2. The van der Waals surface area contributed by atoms with Gasteiger partial charge in [0, 0.05) is 0 Å². The first kappa shape index (κ1) is 14.4. The number of nitrogens with one attached hydrogen (secondary N) is 1. The van der Waals surface area contributed by atoms with Crippen LogP contribution in [0.2, 0.25) is 0 Å². The van der Waals surface area contributed by atoms with Crippen molar-refractivity contribution in [2.45, 2.75) is 72.6 Å². The normalized spacial score (nSPS) is 36.8. The van der Waals surface area contributed by atoms with Crippen LogP contribution in [0.5, 0.6) is 0 Å². The largest absolute Gasteiger partial charge is 0.316 e. The lowest BCUT2D eigenvalue weighted by molar-refractivity contribution is 0.0673.